The summed E-state index contributed by atoms with van der Waals surface area (Å²) in [7, 11) is -4.05. The molecule has 0 atom stereocenters. The Morgan fingerprint density at radius 1 is 1.53 bits per heavy atom. The lowest BCUT2D eigenvalue weighted by Gasteiger charge is -2.07. The summed E-state index contributed by atoms with van der Waals surface area (Å²) < 4.78 is 48.3. The van der Waals surface area contributed by atoms with E-state index in [4.69, 9.17) is 0 Å². The van der Waals surface area contributed by atoms with Crippen LogP contribution < -0.4 is 4.72 Å². The number of rotatable bonds is 4. The molecule has 1 aromatic rings. The van der Waals surface area contributed by atoms with Gasteiger partial charge in [-0.25, -0.2) is 22.2 Å². The van der Waals surface area contributed by atoms with Crippen LogP contribution in [0.5, 0.6) is 0 Å². The summed E-state index contributed by atoms with van der Waals surface area (Å²) in [5.41, 5.74) is 0. The van der Waals surface area contributed by atoms with E-state index in [-0.39, 0.29) is 5.82 Å². The molecule has 0 bridgehead atoms. The first-order valence-corrected chi connectivity index (χ1v) is 6.24. The van der Waals surface area contributed by atoms with Crippen LogP contribution in [0.2, 0.25) is 0 Å². The van der Waals surface area contributed by atoms with Crippen molar-refractivity contribution < 1.29 is 17.2 Å². The normalized spacial score (nSPS) is 11.7. The molecule has 0 amide bonds. The molecular weight excluding hydrogens is 294 g/mol. The Morgan fingerprint density at radius 2 is 2.20 bits per heavy atom. The lowest BCUT2D eigenvalue weighted by molar-refractivity contribution is 0.174. The van der Waals surface area contributed by atoms with Gasteiger partial charge in [0, 0.05) is 6.20 Å². The molecule has 8 heteroatoms. The predicted octanol–water partition coefficient (Wildman–Crippen LogP) is 1.85. The van der Waals surface area contributed by atoms with Crippen molar-refractivity contribution >= 4 is 31.8 Å². The van der Waals surface area contributed by atoms with E-state index in [2.05, 4.69) is 20.9 Å². The van der Waals surface area contributed by atoms with Crippen molar-refractivity contribution in [3.05, 3.63) is 22.8 Å². The zero-order valence-electron chi connectivity index (χ0n) is 7.32. The maximum absolute atomic E-state index is 11.9. The van der Waals surface area contributed by atoms with E-state index in [1.165, 1.54) is 6.20 Å². The number of anilines is 1. The summed E-state index contributed by atoms with van der Waals surface area (Å²) in [4.78, 5) is 3.69. The van der Waals surface area contributed by atoms with Crippen LogP contribution in [0.1, 0.15) is 0 Å². The third kappa shape index (κ3) is 4.08. The quantitative estimate of drug-likeness (QED) is 0.923. The minimum absolute atomic E-state index is 0.00171. The predicted molar refractivity (Wildman–Crippen MR) is 55.4 cm³/mol. The first-order chi connectivity index (χ1) is 6.91. The van der Waals surface area contributed by atoms with Crippen molar-refractivity contribution in [3.8, 4) is 0 Å². The molecule has 0 saturated heterocycles. The van der Waals surface area contributed by atoms with Crippen LogP contribution in [0.4, 0.5) is 14.6 Å². The molecule has 1 heterocycles. The zero-order valence-corrected chi connectivity index (χ0v) is 9.72. The molecule has 0 aliphatic heterocycles. The van der Waals surface area contributed by atoms with Crippen LogP contribution in [0.3, 0.4) is 0 Å². The average molecular weight is 301 g/mol. The Bertz CT molecular complexity index is 438. The third-order valence-electron chi connectivity index (χ3n) is 1.36. The van der Waals surface area contributed by atoms with Crippen LogP contribution in [-0.4, -0.2) is 25.6 Å². The topological polar surface area (TPSA) is 59.1 Å². The smallest absolute Gasteiger partial charge is 0.254 e. The number of nitrogens with zero attached hydrogens (tertiary/aromatic N) is 1. The number of halogens is 3. The van der Waals surface area contributed by atoms with Crippen LogP contribution in [0.25, 0.3) is 0 Å². The minimum Gasteiger partial charge on any atom is -0.266 e. The number of hydrogen-bond donors (Lipinski definition) is 1. The Hall–Kier alpha value is -0.760. The van der Waals surface area contributed by atoms with E-state index in [0.717, 1.165) is 0 Å². The summed E-state index contributed by atoms with van der Waals surface area (Å²) in [5, 5.41) is 0. The van der Waals surface area contributed by atoms with E-state index in [1.54, 1.807) is 12.1 Å². The standard InChI is InChI=1S/C7H7BrF2N2O2S/c8-5-2-1-3-11-7(5)12-15(13,14)4-6(9)10/h1-3,6H,4H2,(H,11,12). The van der Waals surface area contributed by atoms with Crippen molar-refractivity contribution in [1.82, 2.24) is 4.98 Å². The van der Waals surface area contributed by atoms with Gasteiger partial charge >= 0.3 is 0 Å². The summed E-state index contributed by atoms with van der Waals surface area (Å²) >= 11 is 3.04. The van der Waals surface area contributed by atoms with Gasteiger partial charge in [0.25, 0.3) is 6.43 Å². The fourth-order valence-electron chi connectivity index (χ4n) is 0.816. The lowest BCUT2D eigenvalue weighted by Crippen LogP contribution is -2.22. The Balaban J connectivity index is 2.83. The number of nitrogens with one attached hydrogen (secondary N) is 1. The first kappa shape index (κ1) is 12.3. The maximum atomic E-state index is 11.9. The monoisotopic (exact) mass is 300 g/mol. The van der Waals surface area contributed by atoms with E-state index >= 15 is 0 Å². The molecule has 0 radical (unpaired) electrons. The van der Waals surface area contributed by atoms with Crippen molar-refractivity contribution in [3.63, 3.8) is 0 Å². The summed E-state index contributed by atoms with van der Waals surface area (Å²) in [5.74, 6) is -1.24. The minimum atomic E-state index is -4.05. The molecule has 0 aliphatic rings. The highest BCUT2D eigenvalue weighted by molar-refractivity contribution is 9.10. The molecule has 0 saturated carbocycles. The van der Waals surface area contributed by atoms with Crippen LogP contribution in [0.15, 0.2) is 22.8 Å². The highest BCUT2D eigenvalue weighted by atomic mass is 79.9. The van der Waals surface area contributed by atoms with Crippen molar-refractivity contribution in [2.24, 2.45) is 0 Å². The Morgan fingerprint density at radius 3 is 2.73 bits per heavy atom. The van der Waals surface area contributed by atoms with Crippen LogP contribution in [0, 0.1) is 0 Å². The zero-order chi connectivity index (χ0) is 11.5. The van der Waals surface area contributed by atoms with Crippen molar-refractivity contribution in [2.75, 3.05) is 10.5 Å². The van der Waals surface area contributed by atoms with Gasteiger partial charge in [0.2, 0.25) is 10.0 Å². The van der Waals surface area contributed by atoms with Crippen LogP contribution >= 0.6 is 15.9 Å². The SMILES string of the molecule is O=S(=O)(CC(F)F)Nc1ncccc1Br. The van der Waals surface area contributed by atoms with Crippen LogP contribution in [-0.2, 0) is 10.0 Å². The van der Waals surface area contributed by atoms with Gasteiger partial charge in [-0.3, -0.25) is 4.72 Å². The number of alkyl halides is 2. The highest BCUT2D eigenvalue weighted by Crippen LogP contribution is 2.19. The fourth-order valence-corrected chi connectivity index (χ4v) is 2.17. The molecule has 4 nitrogen and oxygen atoms in total. The third-order valence-corrected chi connectivity index (χ3v) is 3.19. The van der Waals surface area contributed by atoms with Gasteiger partial charge in [0.1, 0.15) is 5.75 Å². The summed E-state index contributed by atoms with van der Waals surface area (Å²) in [6.45, 7) is 0. The largest absolute Gasteiger partial charge is 0.266 e. The molecule has 0 fully saturated rings. The second-order valence-electron chi connectivity index (χ2n) is 2.61. The molecule has 84 valence electrons. The Labute approximate surface area is 93.9 Å². The summed E-state index contributed by atoms with van der Waals surface area (Å²) in [6.07, 6.45) is -1.56. The first-order valence-electron chi connectivity index (χ1n) is 3.80. The highest BCUT2D eigenvalue weighted by Gasteiger charge is 2.19. The van der Waals surface area contributed by atoms with Gasteiger partial charge in [-0.1, -0.05) is 0 Å². The van der Waals surface area contributed by atoms with Gasteiger partial charge in [-0.2, -0.15) is 0 Å². The number of sulfonamides is 1. The second-order valence-corrected chi connectivity index (χ2v) is 5.23. The van der Waals surface area contributed by atoms with E-state index < -0.39 is 22.2 Å². The molecule has 0 aliphatic carbocycles. The number of hydrogen-bond acceptors (Lipinski definition) is 3. The van der Waals surface area contributed by atoms with Gasteiger partial charge in [0.15, 0.2) is 5.82 Å². The van der Waals surface area contributed by atoms with E-state index in [1.807, 2.05) is 4.72 Å². The average Bonchev–Trinajstić information content (AvgIpc) is 2.06. The van der Waals surface area contributed by atoms with Crippen molar-refractivity contribution in [2.45, 2.75) is 6.43 Å². The van der Waals surface area contributed by atoms with Crippen molar-refractivity contribution in [1.29, 1.82) is 0 Å². The molecule has 0 unspecified atom stereocenters. The van der Waals surface area contributed by atoms with Gasteiger partial charge in [-0.05, 0) is 28.1 Å². The second kappa shape index (κ2) is 4.84. The van der Waals surface area contributed by atoms with Gasteiger partial charge < -0.3 is 0 Å². The summed E-state index contributed by atoms with van der Waals surface area (Å²) in [6, 6.07) is 3.13. The molecule has 1 aromatic heterocycles. The van der Waals surface area contributed by atoms with E-state index in [9.17, 15) is 17.2 Å². The molecule has 1 N–H and O–H groups in total. The van der Waals surface area contributed by atoms with E-state index in [0.29, 0.717) is 4.47 Å². The van der Waals surface area contributed by atoms with Gasteiger partial charge in [0.05, 0.1) is 4.47 Å². The Kier molecular flexibility index (Phi) is 3.97. The maximum Gasteiger partial charge on any atom is 0.254 e. The molecule has 0 aromatic carbocycles. The lowest BCUT2D eigenvalue weighted by atomic mass is 10.5. The number of pyridine rings is 1. The molecule has 15 heavy (non-hydrogen) atoms. The molecule has 0 spiro atoms. The number of aromatic nitrogens is 1. The molecule has 1 rings (SSSR count). The fraction of sp³-hybridized carbons (Fsp3) is 0.286. The molecular formula is C7H7BrF2N2O2S. The van der Waals surface area contributed by atoms with Gasteiger partial charge in [-0.15, -0.1) is 0 Å².